The Morgan fingerprint density at radius 2 is 1.53 bits per heavy atom. The summed E-state index contributed by atoms with van der Waals surface area (Å²) in [5, 5.41) is 0. The molecule has 96 valence electrons. The van der Waals surface area contributed by atoms with Crippen LogP contribution in [0.25, 0.3) is 0 Å². The average molecular weight is 236 g/mol. The Morgan fingerprint density at radius 1 is 1.06 bits per heavy atom. The second-order valence-corrected chi connectivity index (χ2v) is 4.48. The second kappa shape index (κ2) is 7.99. The minimum atomic E-state index is -0.528. The van der Waals surface area contributed by atoms with E-state index in [0.717, 1.165) is 0 Å². The van der Waals surface area contributed by atoms with Crippen molar-refractivity contribution in [2.75, 3.05) is 0 Å². The van der Waals surface area contributed by atoms with E-state index in [0.29, 0.717) is 25.7 Å². The first-order valence-electron chi connectivity index (χ1n) is 6.27. The Labute approximate surface area is 105 Å². The van der Waals surface area contributed by atoms with Gasteiger partial charge in [0.1, 0.15) is 11.6 Å². The highest BCUT2D eigenvalue weighted by Crippen LogP contribution is 2.35. The number of rotatable bonds is 8. The van der Waals surface area contributed by atoms with E-state index in [1.807, 2.05) is 45.1 Å². The molecule has 0 saturated carbocycles. The summed E-state index contributed by atoms with van der Waals surface area (Å²) in [5.74, 6) is 0.268. The zero-order valence-corrected chi connectivity index (χ0v) is 11.5. The summed E-state index contributed by atoms with van der Waals surface area (Å²) >= 11 is 0. The molecule has 0 spiro atoms. The number of carbonyl (C=O) groups is 2. The molecule has 2 nitrogen and oxygen atoms in total. The van der Waals surface area contributed by atoms with Gasteiger partial charge in [0.2, 0.25) is 0 Å². The van der Waals surface area contributed by atoms with E-state index in [1.54, 1.807) is 6.92 Å². The van der Waals surface area contributed by atoms with Crippen molar-refractivity contribution in [2.24, 2.45) is 5.41 Å². The first-order valence-corrected chi connectivity index (χ1v) is 6.27. The number of hydrogen-bond acceptors (Lipinski definition) is 2. The molecule has 0 heterocycles. The van der Waals surface area contributed by atoms with Gasteiger partial charge in [0.15, 0.2) is 0 Å². The van der Waals surface area contributed by atoms with Crippen LogP contribution in [-0.2, 0) is 9.59 Å². The SMILES string of the molecule is CC=CCC(CC=CC)(CC(C)=O)C(=O)CC. The maximum Gasteiger partial charge on any atom is 0.139 e. The lowest BCUT2D eigenvalue weighted by atomic mass is 9.72. The second-order valence-electron chi connectivity index (χ2n) is 4.48. The molecule has 0 atom stereocenters. The molecule has 0 saturated heterocycles. The van der Waals surface area contributed by atoms with E-state index >= 15 is 0 Å². The number of allylic oxidation sites excluding steroid dienone is 4. The minimum Gasteiger partial charge on any atom is -0.300 e. The molecule has 0 aromatic rings. The average Bonchev–Trinajstić information content (AvgIpc) is 2.31. The lowest BCUT2D eigenvalue weighted by Crippen LogP contribution is -2.32. The summed E-state index contributed by atoms with van der Waals surface area (Å²) in [6.07, 6.45) is 9.98. The van der Waals surface area contributed by atoms with E-state index in [9.17, 15) is 9.59 Å². The summed E-state index contributed by atoms with van der Waals surface area (Å²) < 4.78 is 0. The van der Waals surface area contributed by atoms with Crippen molar-refractivity contribution >= 4 is 11.6 Å². The predicted molar refractivity (Wildman–Crippen MR) is 71.9 cm³/mol. The Morgan fingerprint density at radius 3 is 1.82 bits per heavy atom. The highest BCUT2D eigenvalue weighted by molar-refractivity contribution is 5.90. The molecule has 0 aliphatic rings. The van der Waals surface area contributed by atoms with Gasteiger partial charge in [0, 0.05) is 18.3 Å². The Bertz CT molecular complexity index is 297. The van der Waals surface area contributed by atoms with Gasteiger partial charge >= 0.3 is 0 Å². The predicted octanol–water partition coefficient (Wildman–Crippen LogP) is 3.86. The highest BCUT2D eigenvalue weighted by atomic mass is 16.1. The molecule has 0 fully saturated rings. The maximum atomic E-state index is 12.2. The Balaban J connectivity index is 5.17. The van der Waals surface area contributed by atoms with Crippen molar-refractivity contribution in [3.8, 4) is 0 Å². The van der Waals surface area contributed by atoms with Gasteiger partial charge in [-0.05, 0) is 33.6 Å². The molecule has 0 rings (SSSR count). The monoisotopic (exact) mass is 236 g/mol. The molecule has 0 unspecified atom stereocenters. The van der Waals surface area contributed by atoms with Crippen molar-refractivity contribution in [2.45, 2.75) is 53.4 Å². The van der Waals surface area contributed by atoms with Crippen molar-refractivity contribution in [3.63, 3.8) is 0 Å². The third-order valence-electron chi connectivity index (χ3n) is 2.99. The summed E-state index contributed by atoms with van der Waals surface area (Å²) in [6, 6.07) is 0. The molecule has 0 N–H and O–H groups in total. The first kappa shape index (κ1) is 15.8. The molecule has 17 heavy (non-hydrogen) atoms. The molecule has 0 aliphatic heterocycles. The van der Waals surface area contributed by atoms with Crippen LogP contribution in [0.5, 0.6) is 0 Å². The fourth-order valence-corrected chi connectivity index (χ4v) is 2.09. The topological polar surface area (TPSA) is 34.1 Å². The van der Waals surface area contributed by atoms with Crippen molar-refractivity contribution in [1.82, 2.24) is 0 Å². The lowest BCUT2D eigenvalue weighted by Gasteiger charge is -2.29. The zero-order valence-electron chi connectivity index (χ0n) is 11.5. The molecule has 0 aromatic heterocycles. The highest BCUT2D eigenvalue weighted by Gasteiger charge is 2.35. The van der Waals surface area contributed by atoms with Crippen LogP contribution in [-0.4, -0.2) is 11.6 Å². The Kier molecular flexibility index (Phi) is 7.44. The smallest absolute Gasteiger partial charge is 0.139 e. The molecule has 0 aromatic carbocycles. The molecule has 0 aliphatic carbocycles. The summed E-state index contributed by atoms with van der Waals surface area (Å²) in [5.41, 5.74) is -0.528. The van der Waals surface area contributed by atoms with Crippen molar-refractivity contribution in [1.29, 1.82) is 0 Å². The largest absolute Gasteiger partial charge is 0.300 e. The van der Waals surface area contributed by atoms with E-state index in [-0.39, 0.29) is 11.6 Å². The quantitative estimate of drug-likeness (QED) is 0.600. The standard InChI is InChI=1S/C15H24O2/c1-5-8-10-15(11-9-6-2,12-13(4)16)14(17)7-3/h5-6,8-9H,7,10-12H2,1-4H3. The number of carbonyl (C=O) groups excluding carboxylic acids is 2. The van der Waals surface area contributed by atoms with Crippen LogP contribution >= 0.6 is 0 Å². The van der Waals surface area contributed by atoms with E-state index in [1.165, 1.54) is 0 Å². The molecule has 2 heteroatoms. The number of ketones is 2. The fraction of sp³-hybridized carbons (Fsp3) is 0.600. The lowest BCUT2D eigenvalue weighted by molar-refractivity contribution is -0.133. The van der Waals surface area contributed by atoms with Crippen LogP contribution in [0.1, 0.15) is 53.4 Å². The van der Waals surface area contributed by atoms with E-state index in [4.69, 9.17) is 0 Å². The molecule has 0 radical (unpaired) electrons. The van der Waals surface area contributed by atoms with Gasteiger partial charge in [0.25, 0.3) is 0 Å². The van der Waals surface area contributed by atoms with Crippen LogP contribution in [0.15, 0.2) is 24.3 Å². The van der Waals surface area contributed by atoms with Crippen LogP contribution in [0.4, 0.5) is 0 Å². The van der Waals surface area contributed by atoms with Crippen LogP contribution in [0, 0.1) is 5.41 Å². The minimum absolute atomic E-state index is 0.0841. The van der Waals surface area contributed by atoms with Crippen LogP contribution in [0.3, 0.4) is 0 Å². The van der Waals surface area contributed by atoms with Crippen molar-refractivity contribution in [3.05, 3.63) is 24.3 Å². The number of Topliss-reactive ketones (excluding diaryl/α,β-unsaturated/α-hetero) is 2. The van der Waals surface area contributed by atoms with Gasteiger partial charge in [-0.1, -0.05) is 31.2 Å². The van der Waals surface area contributed by atoms with Gasteiger partial charge in [-0.3, -0.25) is 9.59 Å². The number of hydrogen-bond donors (Lipinski definition) is 0. The van der Waals surface area contributed by atoms with E-state index < -0.39 is 5.41 Å². The van der Waals surface area contributed by atoms with Crippen molar-refractivity contribution < 1.29 is 9.59 Å². The third kappa shape index (κ3) is 5.12. The van der Waals surface area contributed by atoms with Gasteiger partial charge < -0.3 is 0 Å². The van der Waals surface area contributed by atoms with Gasteiger partial charge in [-0.15, -0.1) is 0 Å². The molecular weight excluding hydrogens is 212 g/mol. The first-order chi connectivity index (χ1) is 8.02. The van der Waals surface area contributed by atoms with Crippen LogP contribution in [0.2, 0.25) is 0 Å². The van der Waals surface area contributed by atoms with Gasteiger partial charge in [-0.25, -0.2) is 0 Å². The molecule has 0 amide bonds. The summed E-state index contributed by atoms with van der Waals surface area (Å²) in [7, 11) is 0. The van der Waals surface area contributed by atoms with Gasteiger partial charge in [-0.2, -0.15) is 0 Å². The van der Waals surface area contributed by atoms with E-state index in [2.05, 4.69) is 0 Å². The molecular formula is C15H24O2. The maximum absolute atomic E-state index is 12.2. The third-order valence-corrected chi connectivity index (χ3v) is 2.99. The summed E-state index contributed by atoms with van der Waals surface area (Å²) in [4.78, 5) is 23.6. The fourth-order valence-electron chi connectivity index (χ4n) is 2.09. The summed E-state index contributed by atoms with van der Waals surface area (Å²) in [6.45, 7) is 7.29. The van der Waals surface area contributed by atoms with Crippen LogP contribution < -0.4 is 0 Å². The Hall–Kier alpha value is -1.18. The normalized spacial score (nSPS) is 15.3. The molecule has 0 bridgehead atoms. The van der Waals surface area contributed by atoms with Gasteiger partial charge in [0.05, 0.1) is 0 Å². The zero-order chi connectivity index (χ0) is 13.3.